The molecule has 1 aromatic rings. The quantitative estimate of drug-likeness (QED) is 0.715. The first-order valence-electron chi connectivity index (χ1n) is 9.25. The lowest BCUT2D eigenvalue weighted by Crippen LogP contribution is -2.45. The maximum atomic E-state index is 13.0. The average Bonchev–Trinajstić information content (AvgIpc) is 2.89. The van der Waals surface area contributed by atoms with Gasteiger partial charge in [0, 0.05) is 18.8 Å². The number of nitrogens with zero attached hydrogens (tertiary/aromatic N) is 2. The molecule has 1 fully saturated rings. The van der Waals surface area contributed by atoms with Gasteiger partial charge in [-0.1, -0.05) is 19.4 Å². The van der Waals surface area contributed by atoms with Crippen molar-refractivity contribution < 1.29 is 9.53 Å². The van der Waals surface area contributed by atoms with Crippen molar-refractivity contribution in [3.63, 3.8) is 0 Å². The van der Waals surface area contributed by atoms with E-state index in [0.717, 1.165) is 50.9 Å². The summed E-state index contributed by atoms with van der Waals surface area (Å²) in [6, 6.07) is 6.12. The van der Waals surface area contributed by atoms with E-state index in [1.807, 2.05) is 30.0 Å². The summed E-state index contributed by atoms with van der Waals surface area (Å²) in [6.07, 6.45) is 6.58. The Hall–Kier alpha value is -1.17. The smallest absolute Gasteiger partial charge is 0.252 e. The lowest BCUT2D eigenvalue weighted by Gasteiger charge is -2.33. The number of amides is 1. The van der Waals surface area contributed by atoms with E-state index in [1.54, 1.807) is 6.20 Å². The molecular weight excluding hydrogens is 338 g/mol. The van der Waals surface area contributed by atoms with Crippen LogP contribution in [0.1, 0.15) is 51.6 Å². The first kappa shape index (κ1) is 21.9. The molecule has 0 saturated carbocycles. The van der Waals surface area contributed by atoms with Crippen molar-refractivity contribution in [3.05, 3.63) is 30.1 Å². The Morgan fingerprint density at radius 3 is 2.96 bits per heavy atom. The molecule has 25 heavy (non-hydrogen) atoms. The number of aromatic nitrogens is 1. The SMILES string of the molecule is CCCCOC(C)C(=O)N(Cc1ccccn1)C1CCCNCC1.Cl. The highest BCUT2D eigenvalue weighted by Crippen LogP contribution is 2.18. The Morgan fingerprint density at radius 2 is 2.24 bits per heavy atom. The molecule has 2 atom stereocenters. The van der Waals surface area contributed by atoms with Crippen LogP contribution in [0.25, 0.3) is 0 Å². The van der Waals surface area contributed by atoms with Crippen LogP contribution in [0.5, 0.6) is 0 Å². The fraction of sp³-hybridized carbons (Fsp3) is 0.684. The van der Waals surface area contributed by atoms with Gasteiger partial charge in [-0.15, -0.1) is 12.4 Å². The summed E-state index contributed by atoms with van der Waals surface area (Å²) in [6.45, 7) is 7.20. The lowest BCUT2D eigenvalue weighted by atomic mass is 10.1. The van der Waals surface area contributed by atoms with Crippen LogP contribution in [0.3, 0.4) is 0 Å². The third-order valence-corrected chi connectivity index (χ3v) is 4.54. The van der Waals surface area contributed by atoms with Crippen LogP contribution >= 0.6 is 12.4 Å². The summed E-state index contributed by atoms with van der Waals surface area (Å²) in [5, 5.41) is 3.42. The Bertz CT molecular complexity index is 479. The minimum Gasteiger partial charge on any atom is -0.369 e. The van der Waals surface area contributed by atoms with Crippen LogP contribution in [0, 0.1) is 0 Å². The van der Waals surface area contributed by atoms with Crippen LogP contribution in [0.15, 0.2) is 24.4 Å². The molecule has 1 aliphatic heterocycles. The molecule has 2 unspecified atom stereocenters. The number of carbonyl (C=O) groups excluding carboxylic acids is 1. The highest BCUT2D eigenvalue weighted by Gasteiger charge is 2.28. The number of halogens is 1. The fourth-order valence-corrected chi connectivity index (χ4v) is 3.07. The van der Waals surface area contributed by atoms with Crippen LogP contribution in [-0.2, 0) is 16.1 Å². The summed E-state index contributed by atoms with van der Waals surface area (Å²) in [7, 11) is 0. The van der Waals surface area contributed by atoms with Crippen molar-refractivity contribution in [2.45, 2.75) is 64.6 Å². The molecule has 6 heteroatoms. The zero-order chi connectivity index (χ0) is 17.2. The van der Waals surface area contributed by atoms with E-state index in [0.29, 0.717) is 13.2 Å². The molecule has 1 amide bonds. The maximum Gasteiger partial charge on any atom is 0.252 e. The summed E-state index contributed by atoms with van der Waals surface area (Å²) in [5.41, 5.74) is 0.934. The highest BCUT2D eigenvalue weighted by molar-refractivity contribution is 5.85. The Balaban J connectivity index is 0.00000312. The molecule has 0 aromatic carbocycles. The molecule has 2 rings (SSSR count). The van der Waals surface area contributed by atoms with Crippen molar-refractivity contribution in [2.24, 2.45) is 0 Å². The fourth-order valence-electron chi connectivity index (χ4n) is 3.07. The standard InChI is InChI=1S/C19H31N3O2.ClH/c1-3-4-14-24-16(2)19(23)22(15-17-8-5-6-12-21-17)18-9-7-11-20-13-10-18;/h5-6,8,12,16,18,20H,3-4,7,9-11,13-15H2,1-2H3;1H. The van der Waals surface area contributed by atoms with E-state index in [1.165, 1.54) is 0 Å². The number of hydrogen-bond donors (Lipinski definition) is 1. The van der Waals surface area contributed by atoms with Gasteiger partial charge in [0.05, 0.1) is 12.2 Å². The number of carbonyl (C=O) groups is 1. The normalized spacial score (nSPS) is 18.7. The zero-order valence-corrected chi connectivity index (χ0v) is 16.3. The van der Waals surface area contributed by atoms with Gasteiger partial charge in [0.15, 0.2) is 0 Å². The van der Waals surface area contributed by atoms with E-state index in [9.17, 15) is 4.79 Å². The van der Waals surface area contributed by atoms with Gasteiger partial charge >= 0.3 is 0 Å². The van der Waals surface area contributed by atoms with Crippen LogP contribution in [0.2, 0.25) is 0 Å². The first-order valence-corrected chi connectivity index (χ1v) is 9.25. The van der Waals surface area contributed by atoms with E-state index < -0.39 is 6.10 Å². The Morgan fingerprint density at radius 1 is 1.40 bits per heavy atom. The molecule has 2 heterocycles. The largest absolute Gasteiger partial charge is 0.369 e. The van der Waals surface area contributed by atoms with Crippen molar-refractivity contribution in [3.8, 4) is 0 Å². The third-order valence-electron chi connectivity index (χ3n) is 4.54. The molecule has 0 radical (unpaired) electrons. The van der Waals surface area contributed by atoms with E-state index in [-0.39, 0.29) is 24.4 Å². The van der Waals surface area contributed by atoms with Gasteiger partial charge in [-0.25, -0.2) is 0 Å². The second-order valence-corrected chi connectivity index (χ2v) is 6.49. The topological polar surface area (TPSA) is 54.5 Å². The molecular formula is C19H32ClN3O2. The average molecular weight is 370 g/mol. The second-order valence-electron chi connectivity index (χ2n) is 6.49. The van der Waals surface area contributed by atoms with Gasteiger partial charge in [0.2, 0.25) is 0 Å². The number of pyridine rings is 1. The van der Waals surface area contributed by atoms with Gasteiger partial charge < -0.3 is 15.0 Å². The molecule has 142 valence electrons. The minimum absolute atomic E-state index is 0. The summed E-state index contributed by atoms with van der Waals surface area (Å²) >= 11 is 0. The zero-order valence-electron chi connectivity index (χ0n) is 15.4. The van der Waals surface area contributed by atoms with Crippen LogP contribution in [-0.4, -0.2) is 47.6 Å². The van der Waals surface area contributed by atoms with Crippen LogP contribution in [0.4, 0.5) is 0 Å². The van der Waals surface area contributed by atoms with Gasteiger partial charge in [0.1, 0.15) is 6.10 Å². The highest BCUT2D eigenvalue weighted by atomic mass is 35.5. The van der Waals surface area contributed by atoms with Gasteiger partial charge in [0.25, 0.3) is 5.91 Å². The third kappa shape index (κ3) is 7.30. The summed E-state index contributed by atoms with van der Waals surface area (Å²) in [4.78, 5) is 19.4. The minimum atomic E-state index is -0.392. The molecule has 5 nitrogen and oxygen atoms in total. The molecule has 1 aromatic heterocycles. The molecule has 1 N–H and O–H groups in total. The van der Waals surface area contributed by atoms with Gasteiger partial charge in [-0.3, -0.25) is 9.78 Å². The number of rotatable bonds is 8. The van der Waals surface area contributed by atoms with Crippen LogP contribution < -0.4 is 5.32 Å². The summed E-state index contributed by atoms with van der Waals surface area (Å²) < 4.78 is 5.76. The molecule has 0 bridgehead atoms. The number of ether oxygens (including phenoxy) is 1. The van der Waals surface area contributed by atoms with Gasteiger partial charge in [-0.05, 0) is 57.8 Å². The first-order chi connectivity index (χ1) is 11.7. The van der Waals surface area contributed by atoms with E-state index >= 15 is 0 Å². The van der Waals surface area contributed by atoms with Crippen molar-refractivity contribution >= 4 is 18.3 Å². The van der Waals surface area contributed by atoms with E-state index in [2.05, 4.69) is 17.2 Å². The van der Waals surface area contributed by atoms with Crippen molar-refractivity contribution in [1.29, 1.82) is 0 Å². The number of nitrogens with one attached hydrogen (secondary N) is 1. The molecule has 1 saturated heterocycles. The number of unbranched alkanes of at least 4 members (excludes halogenated alkanes) is 1. The predicted octanol–water partition coefficient (Wildman–Crippen LogP) is 3.18. The Kier molecular flexibility index (Phi) is 10.7. The second kappa shape index (κ2) is 12.2. The Labute approximate surface area is 157 Å². The van der Waals surface area contributed by atoms with E-state index in [4.69, 9.17) is 4.74 Å². The molecule has 0 aliphatic carbocycles. The molecule has 0 spiro atoms. The predicted molar refractivity (Wildman–Crippen MR) is 103 cm³/mol. The maximum absolute atomic E-state index is 13.0. The van der Waals surface area contributed by atoms with Crippen molar-refractivity contribution in [1.82, 2.24) is 15.2 Å². The number of hydrogen-bond acceptors (Lipinski definition) is 4. The molecule has 1 aliphatic rings. The lowest BCUT2D eigenvalue weighted by molar-refractivity contribution is -0.146. The van der Waals surface area contributed by atoms with Crippen molar-refractivity contribution in [2.75, 3.05) is 19.7 Å². The monoisotopic (exact) mass is 369 g/mol. The summed E-state index contributed by atoms with van der Waals surface area (Å²) in [5.74, 6) is 0.0867. The van der Waals surface area contributed by atoms with Gasteiger partial charge in [-0.2, -0.15) is 0 Å².